The van der Waals surface area contributed by atoms with E-state index in [1.807, 2.05) is 0 Å². The third-order valence-corrected chi connectivity index (χ3v) is 2.40. The van der Waals surface area contributed by atoms with E-state index >= 15 is 0 Å². The zero-order chi connectivity index (χ0) is 13.0. The summed E-state index contributed by atoms with van der Waals surface area (Å²) < 4.78 is 35.2. The van der Waals surface area contributed by atoms with Crippen molar-refractivity contribution in [3.63, 3.8) is 0 Å². The van der Waals surface area contributed by atoms with Crippen molar-refractivity contribution in [1.82, 2.24) is 4.98 Å². The Balaban J connectivity index is 3.21. The smallest absolute Gasteiger partial charge is 0.311 e. The molecule has 1 rings (SSSR count). The van der Waals surface area contributed by atoms with Crippen molar-refractivity contribution >= 4 is 5.97 Å². The lowest BCUT2D eigenvalue weighted by atomic mass is 10.1. The van der Waals surface area contributed by atoms with E-state index in [9.17, 15) is 13.6 Å². The van der Waals surface area contributed by atoms with Crippen LogP contribution in [0.3, 0.4) is 0 Å². The minimum absolute atomic E-state index is 0.0187. The van der Waals surface area contributed by atoms with Crippen molar-refractivity contribution in [3.05, 3.63) is 23.0 Å². The fourth-order valence-corrected chi connectivity index (χ4v) is 1.50. The van der Waals surface area contributed by atoms with Crippen LogP contribution in [0.2, 0.25) is 0 Å². The highest BCUT2D eigenvalue weighted by atomic mass is 19.3. The number of nitrogens with zero attached hydrogens (tertiary/aromatic N) is 1. The van der Waals surface area contributed by atoms with Crippen molar-refractivity contribution in [2.24, 2.45) is 0 Å². The van der Waals surface area contributed by atoms with E-state index in [1.54, 1.807) is 0 Å². The Morgan fingerprint density at radius 2 is 2.12 bits per heavy atom. The van der Waals surface area contributed by atoms with Gasteiger partial charge < -0.3 is 9.47 Å². The molecule has 1 aromatic heterocycles. The van der Waals surface area contributed by atoms with Crippen LogP contribution >= 0.6 is 0 Å². The van der Waals surface area contributed by atoms with Gasteiger partial charge in [-0.1, -0.05) is 0 Å². The van der Waals surface area contributed by atoms with Crippen molar-refractivity contribution in [2.45, 2.75) is 19.8 Å². The number of aromatic nitrogens is 1. The summed E-state index contributed by atoms with van der Waals surface area (Å²) in [6, 6.07) is 0. The molecule has 6 heteroatoms. The average Bonchev–Trinajstić information content (AvgIpc) is 2.28. The number of methoxy groups -OCH3 is 2. The highest BCUT2D eigenvalue weighted by molar-refractivity contribution is 5.72. The van der Waals surface area contributed by atoms with Crippen molar-refractivity contribution in [3.8, 4) is 5.75 Å². The van der Waals surface area contributed by atoms with E-state index in [1.165, 1.54) is 27.3 Å². The molecule has 1 heterocycles. The normalized spacial score (nSPS) is 10.5. The number of esters is 1. The minimum atomic E-state index is -2.71. The lowest BCUT2D eigenvalue weighted by Crippen LogP contribution is -2.11. The Morgan fingerprint density at radius 1 is 1.47 bits per heavy atom. The van der Waals surface area contributed by atoms with Crippen molar-refractivity contribution < 1.29 is 23.0 Å². The predicted octanol–water partition coefficient (Wildman–Crippen LogP) is 2.05. The first kappa shape index (κ1) is 13.3. The van der Waals surface area contributed by atoms with Gasteiger partial charge in [0.2, 0.25) is 0 Å². The SMILES string of the molecule is COC(=O)Cc1ncc(OC)c(C)c1C(F)F. The Bertz CT molecular complexity index is 421. The van der Waals surface area contributed by atoms with Gasteiger partial charge in [-0.3, -0.25) is 9.78 Å². The molecule has 1 aromatic rings. The van der Waals surface area contributed by atoms with E-state index in [0.717, 1.165) is 0 Å². The average molecular weight is 245 g/mol. The second kappa shape index (κ2) is 5.56. The molecule has 0 saturated heterocycles. The van der Waals surface area contributed by atoms with Gasteiger partial charge in [0.25, 0.3) is 6.43 Å². The maximum absolute atomic E-state index is 12.9. The fraction of sp³-hybridized carbons (Fsp3) is 0.455. The molecule has 0 aliphatic heterocycles. The zero-order valence-corrected chi connectivity index (χ0v) is 9.79. The lowest BCUT2D eigenvalue weighted by Gasteiger charge is -2.13. The van der Waals surface area contributed by atoms with Crippen LogP contribution in [-0.4, -0.2) is 25.2 Å². The number of hydrogen-bond acceptors (Lipinski definition) is 4. The van der Waals surface area contributed by atoms with E-state index in [0.29, 0.717) is 0 Å². The van der Waals surface area contributed by atoms with Gasteiger partial charge in [0.05, 0.1) is 32.5 Å². The topological polar surface area (TPSA) is 48.4 Å². The second-order valence-electron chi connectivity index (χ2n) is 3.37. The summed E-state index contributed by atoms with van der Waals surface area (Å²) in [4.78, 5) is 14.9. The molecule has 0 bridgehead atoms. The molecule has 0 aliphatic rings. The zero-order valence-electron chi connectivity index (χ0n) is 9.79. The summed E-state index contributed by atoms with van der Waals surface area (Å²) in [5.74, 6) is -0.335. The van der Waals surface area contributed by atoms with Gasteiger partial charge in [-0.25, -0.2) is 8.78 Å². The molecule has 0 saturated carbocycles. The molecule has 0 amide bonds. The first-order chi connectivity index (χ1) is 8.01. The number of pyridine rings is 1. The Kier molecular flexibility index (Phi) is 4.37. The largest absolute Gasteiger partial charge is 0.495 e. The number of carbonyl (C=O) groups is 1. The summed E-state index contributed by atoms with van der Waals surface area (Å²) in [6.07, 6.45) is -1.67. The van der Waals surface area contributed by atoms with E-state index in [2.05, 4.69) is 9.72 Å². The first-order valence-corrected chi connectivity index (χ1v) is 4.88. The van der Waals surface area contributed by atoms with Crippen LogP contribution in [0.1, 0.15) is 23.2 Å². The van der Waals surface area contributed by atoms with Gasteiger partial charge in [-0.2, -0.15) is 0 Å². The molecule has 0 atom stereocenters. The summed E-state index contributed by atoms with van der Waals surface area (Å²) in [6.45, 7) is 1.50. The molecule has 0 N–H and O–H groups in total. The van der Waals surface area contributed by atoms with E-state index in [-0.39, 0.29) is 29.0 Å². The van der Waals surface area contributed by atoms with Crippen LogP contribution in [0.15, 0.2) is 6.20 Å². The molecule has 0 spiro atoms. The molecular weight excluding hydrogens is 232 g/mol. The molecule has 0 unspecified atom stereocenters. The number of hydrogen-bond donors (Lipinski definition) is 0. The summed E-state index contributed by atoms with van der Waals surface area (Å²) in [7, 11) is 2.57. The molecule has 4 nitrogen and oxygen atoms in total. The Labute approximate surface area is 97.6 Å². The standard InChI is InChI=1S/C11H13F2NO3/c1-6-8(16-2)5-14-7(4-9(15)17-3)10(6)11(12)13/h5,11H,4H2,1-3H3. The Hall–Kier alpha value is -1.72. The summed E-state index contributed by atoms with van der Waals surface area (Å²) in [5, 5.41) is 0. The van der Waals surface area contributed by atoms with Gasteiger partial charge in [0.15, 0.2) is 0 Å². The second-order valence-corrected chi connectivity index (χ2v) is 3.37. The molecule has 17 heavy (non-hydrogen) atoms. The van der Waals surface area contributed by atoms with Gasteiger partial charge in [-0.05, 0) is 6.92 Å². The van der Waals surface area contributed by atoms with Gasteiger partial charge in [-0.15, -0.1) is 0 Å². The molecule has 0 fully saturated rings. The highest BCUT2D eigenvalue weighted by Gasteiger charge is 2.21. The molecular formula is C11H13F2NO3. The molecule has 94 valence electrons. The highest BCUT2D eigenvalue weighted by Crippen LogP contribution is 2.31. The van der Waals surface area contributed by atoms with Crippen LogP contribution in [-0.2, 0) is 16.0 Å². The minimum Gasteiger partial charge on any atom is -0.495 e. The number of rotatable bonds is 4. The predicted molar refractivity (Wildman–Crippen MR) is 56.2 cm³/mol. The monoisotopic (exact) mass is 245 g/mol. The first-order valence-electron chi connectivity index (χ1n) is 4.88. The van der Waals surface area contributed by atoms with Crippen LogP contribution in [0, 0.1) is 6.92 Å². The van der Waals surface area contributed by atoms with E-state index in [4.69, 9.17) is 4.74 Å². The van der Waals surface area contributed by atoms with Crippen molar-refractivity contribution in [2.75, 3.05) is 14.2 Å². The fourth-order valence-electron chi connectivity index (χ4n) is 1.50. The number of alkyl halides is 2. The maximum atomic E-state index is 12.9. The summed E-state index contributed by atoms with van der Waals surface area (Å²) in [5.41, 5.74) is 0.0382. The van der Waals surface area contributed by atoms with Gasteiger partial charge in [0.1, 0.15) is 5.75 Å². The molecule has 0 radical (unpaired) electrons. The number of halogens is 2. The van der Waals surface area contributed by atoms with Gasteiger partial charge >= 0.3 is 5.97 Å². The van der Waals surface area contributed by atoms with Crippen LogP contribution in [0.4, 0.5) is 8.78 Å². The third-order valence-electron chi connectivity index (χ3n) is 2.40. The summed E-state index contributed by atoms with van der Waals surface area (Å²) >= 11 is 0. The third kappa shape index (κ3) is 2.89. The van der Waals surface area contributed by atoms with Crippen molar-refractivity contribution in [1.29, 1.82) is 0 Å². The maximum Gasteiger partial charge on any atom is 0.311 e. The number of carbonyl (C=O) groups excluding carboxylic acids is 1. The molecule has 0 aliphatic carbocycles. The van der Waals surface area contributed by atoms with Gasteiger partial charge in [0, 0.05) is 11.1 Å². The van der Waals surface area contributed by atoms with Crippen LogP contribution < -0.4 is 4.74 Å². The van der Waals surface area contributed by atoms with Crippen LogP contribution in [0.5, 0.6) is 5.75 Å². The number of ether oxygens (including phenoxy) is 2. The quantitative estimate of drug-likeness (QED) is 0.762. The van der Waals surface area contributed by atoms with E-state index < -0.39 is 12.4 Å². The molecule has 0 aromatic carbocycles. The Morgan fingerprint density at radius 3 is 2.59 bits per heavy atom. The van der Waals surface area contributed by atoms with Crippen LogP contribution in [0.25, 0.3) is 0 Å². The lowest BCUT2D eigenvalue weighted by molar-refractivity contribution is -0.139.